The summed E-state index contributed by atoms with van der Waals surface area (Å²) < 4.78 is 0. The SMILES string of the molecule is CCCCSCC(=O)N1CC(O)(C(C)C)C1. The van der Waals surface area contributed by atoms with Crippen LogP contribution in [-0.4, -0.2) is 46.1 Å². The minimum Gasteiger partial charge on any atom is -0.386 e. The van der Waals surface area contributed by atoms with Gasteiger partial charge in [0.1, 0.15) is 5.60 Å². The van der Waals surface area contributed by atoms with Gasteiger partial charge in [-0.2, -0.15) is 11.8 Å². The summed E-state index contributed by atoms with van der Waals surface area (Å²) in [6.07, 6.45) is 2.35. The Balaban J connectivity index is 2.17. The van der Waals surface area contributed by atoms with Crippen LogP contribution in [-0.2, 0) is 4.79 Å². The number of β-amino-alcohol motifs (C(OH)–C–C–N with tert-alkyl or cyclic N) is 1. The third kappa shape index (κ3) is 3.39. The minimum atomic E-state index is -0.635. The second-order valence-electron chi connectivity index (χ2n) is 4.91. The second kappa shape index (κ2) is 5.92. The van der Waals surface area contributed by atoms with Gasteiger partial charge in [-0.3, -0.25) is 4.79 Å². The van der Waals surface area contributed by atoms with Gasteiger partial charge in [-0.1, -0.05) is 27.2 Å². The molecule has 4 heteroatoms. The van der Waals surface area contributed by atoms with Crippen LogP contribution in [0.15, 0.2) is 0 Å². The number of carbonyl (C=O) groups is 1. The van der Waals surface area contributed by atoms with Crippen LogP contribution < -0.4 is 0 Å². The Hall–Kier alpha value is -0.220. The van der Waals surface area contributed by atoms with E-state index in [1.165, 1.54) is 12.8 Å². The van der Waals surface area contributed by atoms with Gasteiger partial charge >= 0.3 is 0 Å². The van der Waals surface area contributed by atoms with Crippen molar-refractivity contribution in [2.75, 3.05) is 24.6 Å². The average Bonchev–Trinajstić information content (AvgIpc) is 2.19. The first-order valence-corrected chi connectivity index (χ1v) is 7.23. The summed E-state index contributed by atoms with van der Waals surface area (Å²) in [5, 5.41) is 10.0. The van der Waals surface area contributed by atoms with Crippen molar-refractivity contribution in [3.8, 4) is 0 Å². The molecule has 0 aromatic rings. The maximum Gasteiger partial charge on any atom is 0.232 e. The van der Waals surface area contributed by atoms with Crippen LogP contribution >= 0.6 is 11.8 Å². The number of likely N-dealkylation sites (tertiary alicyclic amines) is 1. The van der Waals surface area contributed by atoms with E-state index in [1.807, 2.05) is 13.8 Å². The predicted molar refractivity (Wildman–Crippen MR) is 68.6 cm³/mol. The average molecular weight is 245 g/mol. The van der Waals surface area contributed by atoms with Crippen LogP contribution in [0.5, 0.6) is 0 Å². The van der Waals surface area contributed by atoms with Gasteiger partial charge in [-0.25, -0.2) is 0 Å². The van der Waals surface area contributed by atoms with Crippen LogP contribution in [0.3, 0.4) is 0 Å². The number of hydrogen-bond acceptors (Lipinski definition) is 3. The molecule has 0 aromatic heterocycles. The first-order chi connectivity index (χ1) is 7.49. The molecule has 0 spiro atoms. The molecular formula is C12H23NO2S. The Bertz CT molecular complexity index is 237. The zero-order valence-corrected chi connectivity index (χ0v) is 11.3. The van der Waals surface area contributed by atoms with Gasteiger partial charge in [0.2, 0.25) is 5.91 Å². The monoisotopic (exact) mass is 245 g/mol. The molecule has 0 radical (unpaired) electrons. The van der Waals surface area contributed by atoms with E-state index in [9.17, 15) is 9.90 Å². The van der Waals surface area contributed by atoms with Gasteiger partial charge in [-0.15, -0.1) is 0 Å². The van der Waals surface area contributed by atoms with Crippen LogP contribution in [0.2, 0.25) is 0 Å². The van der Waals surface area contributed by atoms with E-state index >= 15 is 0 Å². The summed E-state index contributed by atoms with van der Waals surface area (Å²) in [6, 6.07) is 0. The quantitative estimate of drug-likeness (QED) is 0.725. The number of aliphatic hydroxyl groups is 1. The summed E-state index contributed by atoms with van der Waals surface area (Å²) in [4.78, 5) is 13.5. The molecule has 1 amide bonds. The summed E-state index contributed by atoms with van der Waals surface area (Å²) >= 11 is 1.70. The molecule has 1 rings (SSSR count). The summed E-state index contributed by atoms with van der Waals surface area (Å²) in [5.41, 5.74) is -0.635. The molecule has 0 bridgehead atoms. The number of thioether (sulfide) groups is 1. The Morgan fingerprint density at radius 1 is 1.50 bits per heavy atom. The van der Waals surface area contributed by atoms with E-state index < -0.39 is 5.60 Å². The highest BCUT2D eigenvalue weighted by Crippen LogP contribution is 2.28. The molecule has 1 aliphatic heterocycles. The molecule has 0 unspecified atom stereocenters. The lowest BCUT2D eigenvalue weighted by molar-refractivity contribution is -0.161. The van der Waals surface area contributed by atoms with Crippen molar-refractivity contribution in [2.24, 2.45) is 5.92 Å². The summed E-state index contributed by atoms with van der Waals surface area (Å²) in [5.74, 6) is 2.02. The molecule has 1 heterocycles. The van der Waals surface area contributed by atoms with Crippen molar-refractivity contribution in [2.45, 2.75) is 39.2 Å². The molecule has 0 aromatic carbocycles. The Kier molecular flexibility index (Phi) is 5.12. The third-order valence-electron chi connectivity index (χ3n) is 3.22. The highest BCUT2D eigenvalue weighted by Gasteiger charge is 2.45. The van der Waals surface area contributed by atoms with E-state index in [4.69, 9.17) is 0 Å². The fourth-order valence-electron chi connectivity index (χ4n) is 1.65. The second-order valence-corrected chi connectivity index (χ2v) is 6.02. The van der Waals surface area contributed by atoms with Gasteiger partial charge in [-0.05, 0) is 18.1 Å². The Labute approximate surface area is 103 Å². The fraction of sp³-hybridized carbons (Fsp3) is 0.917. The van der Waals surface area contributed by atoms with Crippen molar-refractivity contribution in [1.82, 2.24) is 4.90 Å². The molecular weight excluding hydrogens is 222 g/mol. The topological polar surface area (TPSA) is 40.5 Å². The van der Waals surface area contributed by atoms with Crippen molar-refractivity contribution in [3.05, 3.63) is 0 Å². The highest BCUT2D eigenvalue weighted by molar-refractivity contribution is 7.99. The van der Waals surface area contributed by atoms with E-state index in [0.29, 0.717) is 18.8 Å². The molecule has 1 aliphatic rings. The van der Waals surface area contributed by atoms with Gasteiger partial charge in [0.05, 0.1) is 18.8 Å². The number of unbranched alkanes of at least 4 members (excludes halogenated alkanes) is 1. The lowest BCUT2D eigenvalue weighted by Crippen LogP contribution is -2.66. The van der Waals surface area contributed by atoms with Crippen LogP contribution in [0, 0.1) is 5.92 Å². The smallest absolute Gasteiger partial charge is 0.232 e. The molecule has 94 valence electrons. The first-order valence-electron chi connectivity index (χ1n) is 6.07. The lowest BCUT2D eigenvalue weighted by atomic mass is 9.83. The Morgan fingerprint density at radius 2 is 2.12 bits per heavy atom. The molecule has 16 heavy (non-hydrogen) atoms. The maximum atomic E-state index is 11.7. The summed E-state index contributed by atoms with van der Waals surface area (Å²) in [7, 11) is 0. The number of carbonyl (C=O) groups excluding carboxylic acids is 1. The van der Waals surface area contributed by atoms with Crippen LogP contribution in [0.1, 0.15) is 33.6 Å². The molecule has 1 saturated heterocycles. The molecule has 1 fully saturated rings. The zero-order chi connectivity index (χ0) is 12.2. The predicted octanol–water partition coefficient (Wildman–Crippen LogP) is 1.75. The lowest BCUT2D eigenvalue weighted by Gasteiger charge is -2.49. The van der Waals surface area contributed by atoms with E-state index in [1.54, 1.807) is 16.7 Å². The van der Waals surface area contributed by atoms with E-state index in [2.05, 4.69) is 6.92 Å². The molecule has 0 aliphatic carbocycles. The van der Waals surface area contributed by atoms with Crippen molar-refractivity contribution < 1.29 is 9.90 Å². The molecule has 1 N–H and O–H groups in total. The largest absolute Gasteiger partial charge is 0.386 e. The highest BCUT2D eigenvalue weighted by atomic mass is 32.2. The number of nitrogens with zero attached hydrogens (tertiary/aromatic N) is 1. The fourth-order valence-corrected chi connectivity index (χ4v) is 2.65. The summed E-state index contributed by atoms with van der Waals surface area (Å²) in [6.45, 7) is 7.17. The Morgan fingerprint density at radius 3 is 2.62 bits per heavy atom. The standard InChI is InChI=1S/C12H23NO2S/c1-4-5-6-16-7-11(14)13-8-12(15,9-13)10(2)3/h10,15H,4-9H2,1-3H3. The number of hydrogen-bond donors (Lipinski definition) is 1. The van der Waals surface area contributed by atoms with Gasteiger partial charge in [0, 0.05) is 0 Å². The molecule has 3 nitrogen and oxygen atoms in total. The van der Waals surface area contributed by atoms with E-state index in [-0.39, 0.29) is 11.8 Å². The molecule has 0 saturated carbocycles. The van der Waals surface area contributed by atoms with Crippen molar-refractivity contribution in [3.63, 3.8) is 0 Å². The minimum absolute atomic E-state index is 0.173. The maximum absolute atomic E-state index is 11.7. The molecule has 0 atom stereocenters. The number of amides is 1. The van der Waals surface area contributed by atoms with Crippen molar-refractivity contribution in [1.29, 1.82) is 0 Å². The van der Waals surface area contributed by atoms with Crippen molar-refractivity contribution >= 4 is 17.7 Å². The van der Waals surface area contributed by atoms with Gasteiger partial charge in [0.15, 0.2) is 0 Å². The van der Waals surface area contributed by atoms with Crippen LogP contribution in [0.25, 0.3) is 0 Å². The normalized spacial score (nSPS) is 18.7. The number of rotatable bonds is 6. The van der Waals surface area contributed by atoms with Crippen LogP contribution in [0.4, 0.5) is 0 Å². The zero-order valence-electron chi connectivity index (χ0n) is 10.5. The third-order valence-corrected chi connectivity index (χ3v) is 4.25. The first kappa shape index (κ1) is 13.8. The van der Waals surface area contributed by atoms with E-state index in [0.717, 1.165) is 5.75 Å². The van der Waals surface area contributed by atoms with Gasteiger partial charge < -0.3 is 10.0 Å². The van der Waals surface area contributed by atoms with Gasteiger partial charge in [0.25, 0.3) is 0 Å².